The second-order valence-corrected chi connectivity index (χ2v) is 4.55. The highest BCUT2D eigenvalue weighted by Gasteiger charge is 2.23. The molecule has 2 N–H and O–H groups in total. The molecule has 0 radical (unpaired) electrons. The van der Waals surface area contributed by atoms with E-state index in [4.69, 9.17) is 21.4 Å². The first-order chi connectivity index (χ1) is 9.58. The number of Topliss-reactive ketones (excluding diaryl/α,β-unsaturated/α-hetero) is 1. The van der Waals surface area contributed by atoms with Crippen LogP contribution in [-0.4, -0.2) is 42.7 Å². The van der Waals surface area contributed by atoms with Gasteiger partial charge in [0, 0.05) is 17.1 Å². The summed E-state index contributed by atoms with van der Waals surface area (Å²) in [5.41, 5.74) is 0.453. The number of ketones is 1. The Morgan fingerprint density at radius 2 is 2.00 bits per heavy atom. The van der Waals surface area contributed by atoms with Crippen LogP contribution in [0, 0.1) is 0 Å². The first kappa shape index (κ1) is 16.6. The van der Waals surface area contributed by atoms with Crippen molar-refractivity contribution in [3.8, 4) is 0 Å². The number of rotatable bonds is 8. The topological polar surface area (TPSA) is 75.6 Å². The maximum Gasteiger partial charge on any atom is 0.307 e. The summed E-state index contributed by atoms with van der Waals surface area (Å²) < 4.78 is 4.84. The fraction of sp³-hybridized carbons (Fsp3) is 0.429. The highest BCUT2D eigenvalue weighted by Crippen LogP contribution is 2.12. The van der Waals surface area contributed by atoms with Crippen LogP contribution in [0.3, 0.4) is 0 Å². The lowest BCUT2D eigenvalue weighted by molar-refractivity contribution is -0.143. The van der Waals surface area contributed by atoms with Crippen LogP contribution in [0.4, 0.5) is 0 Å². The molecule has 0 saturated carbocycles. The molecule has 0 amide bonds. The largest absolute Gasteiger partial charge is 0.466 e. The monoisotopic (exact) mass is 299 g/mol. The number of carbonyl (C=O) groups is 2. The summed E-state index contributed by atoms with van der Waals surface area (Å²) in [5, 5.41) is 12.2. The third kappa shape index (κ3) is 5.28. The van der Waals surface area contributed by atoms with Gasteiger partial charge >= 0.3 is 5.97 Å². The average Bonchev–Trinajstić information content (AvgIpc) is 2.44. The molecule has 0 aromatic heterocycles. The zero-order valence-corrected chi connectivity index (χ0v) is 12.0. The molecule has 0 aliphatic carbocycles. The lowest BCUT2D eigenvalue weighted by Crippen LogP contribution is -2.40. The number of aliphatic hydroxyl groups is 1. The van der Waals surface area contributed by atoms with Crippen molar-refractivity contribution in [1.29, 1.82) is 0 Å². The van der Waals surface area contributed by atoms with Gasteiger partial charge in [-0.3, -0.25) is 9.59 Å². The Bertz CT molecular complexity index is 447. The molecule has 1 aromatic carbocycles. The molecule has 0 aliphatic heterocycles. The van der Waals surface area contributed by atoms with Crippen molar-refractivity contribution < 1.29 is 19.4 Å². The van der Waals surface area contributed by atoms with E-state index in [0.29, 0.717) is 10.6 Å². The lowest BCUT2D eigenvalue weighted by Gasteiger charge is -2.16. The standard InChI is InChI=1S/C14H18ClNO4/c1-2-20-13(18)9-12(16-7-8-17)14(19)10-3-5-11(15)6-4-10/h3-6,12,16-17H,2,7-9H2,1H3. The van der Waals surface area contributed by atoms with Gasteiger partial charge in [0.2, 0.25) is 0 Å². The highest BCUT2D eigenvalue weighted by molar-refractivity contribution is 6.30. The van der Waals surface area contributed by atoms with Crippen LogP contribution in [-0.2, 0) is 9.53 Å². The number of hydrogen-bond donors (Lipinski definition) is 2. The normalized spacial score (nSPS) is 11.9. The second-order valence-electron chi connectivity index (χ2n) is 4.11. The minimum atomic E-state index is -0.720. The summed E-state index contributed by atoms with van der Waals surface area (Å²) in [5.74, 6) is -0.687. The van der Waals surface area contributed by atoms with Crippen LogP contribution in [0.5, 0.6) is 0 Å². The van der Waals surface area contributed by atoms with Crippen molar-refractivity contribution in [2.45, 2.75) is 19.4 Å². The van der Waals surface area contributed by atoms with E-state index < -0.39 is 12.0 Å². The van der Waals surface area contributed by atoms with Crippen LogP contribution in [0.15, 0.2) is 24.3 Å². The molecule has 5 nitrogen and oxygen atoms in total. The van der Waals surface area contributed by atoms with E-state index in [0.717, 1.165) is 0 Å². The molecule has 0 saturated heterocycles. The van der Waals surface area contributed by atoms with Gasteiger partial charge in [0.05, 0.1) is 25.7 Å². The van der Waals surface area contributed by atoms with Crippen LogP contribution >= 0.6 is 11.6 Å². The zero-order chi connectivity index (χ0) is 15.0. The number of hydrogen-bond acceptors (Lipinski definition) is 5. The van der Waals surface area contributed by atoms with Crippen LogP contribution in [0.1, 0.15) is 23.7 Å². The number of aliphatic hydroxyl groups excluding tert-OH is 1. The van der Waals surface area contributed by atoms with Gasteiger partial charge in [-0.25, -0.2) is 0 Å². The van der Waals surface area contributed by atoms with Crippen LogP contribution < -0.4 is 5.32 Å². The van der Waals surface area contributed by atoms with Crippen molar-refractivity contribution in [2.24, 2.45) is 0 Å². The Morgan fingerprint density at radius 1 is 1.35 bits per heavy atom. The molecular formula is C14H18ClNO4. The van der Waals surface area contributed by atoms with Gasteiger partial charge in [0.25, 0.3) is 0 Å². The van der Waals surface area contributed by atoms with Gasteiger partial charge in [0.1, 0.15) is 0 Å². The SMILES string of the molecule is CCOC(=O)CC(NCCO)C(=O)c1ccc(Cl)cc1. The van der Waals surface area contributed by atoms with E-state index >= 15 is 0 Å². The molecule has 0 fully saturated rings. The average molecular weight is 300 g/mol. The van der Waals surface area contributed by atoms with E-state index in [2.05, 4.69) is 5.32 Å². The highest BCUT2D eigenvalue weighted by atomic mass is 35.5. The fourth-order valence-electron chi connectivity index (χ4n) is 1.70. The van der Waals surface area contributed by atoms with Gasteiger partial charge < -0.3 is 15.2 Å². The maximum atomic E-state index is 12.3. The Hall–Kier alpha value is -1.43. The molecule has 1 unspecified atom stereocenters. The fourth-order valence-corrected chi connectivity index (χ4v) is 1.82. The second kappa shape index (κ2) is 8.68. The zero-order valence-electron chi connectivity index (χ0n) is 11.3. The minimum absolute atomic E-state index is 0.0741. The van der Waals surface area contributed by atoms with Crippen LogP contribution in [0.25, 0.3) is 0 Å². The van der Waals surface area contributed by atoms with Gasteiger partial charge in [0.15, 0.2) is 5.78 Å². The maximum absolute atomic E-state index is 12.3. The summed E-state index contributed by atoms with van der Waals surface area (Å²) in [6, 6.07) is 5.71. The van der Waals surface area contributed by atoms with E-state index in [1.807, 2.05) is 0 Å². The van der Waals surface area contributed by atoms with E-state index in [1.54, 1.807) is 31.2 Å². The van der Waals surface area contributed by atoms with E-state index in [-0.39, 0.29) is 32.0 Å². The number of ether oxygens (including phenoxy) is 1. The van der Waals surface area contributed by atoms with Crippen molar-refractivity contribution in [3.63, 3.8) is 0 Å². The molecule has 0 heterocycles. The summed E-state index contributed by atoms with van der Waals surface area (Å²) in [6.45, 7) is 2.08. The molecule has 0 aliphatic rings. The molecule has 20 heavy (non-hydrogen) atoms. The summed E-state index contributed by atoms with van der Waals surface area (Å²) in [7, 11) is 0. The van der Waals surface area contributed by atoms with E-state index in [9.17, 15) is 9.59 Å². The lowest BCUT2D eigenvalue weighted by atomic mass is 10.0. The third-order valence-corrected chi connectivity index (χ3v) is 2.88. The molecule has 1 atom stereocenters. The first-order valence-corrected chi connectivity index (χ1v) is 6.76. The number of halogens is 1. The minimum Gasteiger partial charge on any atom is -0.466 e. The molecule has 1 rings (SSSR count). The van der Waals surface area contributed by atoms with Crippen molar-refractivity contribution in [3.05, 3.63) is 34.9 Å². The molecule has 0 bridgehead atoms. The van der Waals surface area contributed by atoms with Crippen molar-refractivity contribution >= 4 is 23.4 Å². The molecule has 0 spiro atoms. The molecular weight excluding hydrogens is 282 g/mol. The van der Waals surface area contributed by atoms with Gasteiger partial charge in [-0.1, -0.05) is 11.6 Å². The Kier molecular flexibility index (Phi) is 7.22. The number of nitrogens with one attached hydrogen (secondary N) is 1. The van der Waals surface area contributed by atoms with Gasteiger partial charge in [-0.05, 0) is 31.2 Å². The first-order valence-electron chi connectivity index (χ1n) is 6.38. The summed E-state index contributed by atoms with van der Waals surface area (Å²) >= 11 is 5.77. The predicted octanol–water partition coefficient (Wildman–Crippen LogP) is 1.43. The number of benzene rings is 1. The Balaban J connectivity index is 2.77. The van der Waals surface area contributed by atoms with Gasteiger partial charge in [-0.2, -0.15) is 0 Å². The predicted molar refractivity (Wildman–Crippen MR) is 75.9 cm³/mol. The molecule has 6 heteroatoms. The number of esters is 1. The van der Waals surface area contributed by atoms with Crippen molar-refractivity contribution in [1.82, 2.24) is 5.32 Å². The van der Waals surface area contributed by atoms with E-state index in [1.165, 1.54) is 0 Å². The third-order valence-electron chi connectivity index (χ3n) is 2.62. The Morgan fingerprint density at radius 3 is 2.55 bits per heavy atom. The summed E-state index contributed by atoms with van der Waals surface area (Å²) in [6.07, 6.45) is -0.0741. The smallest absolute Gasteiger partial charge is 0.307 e. The quantitative estimate of drug-likeness (QED) is 0.561. The van der Waals surface area contributed by atoms with Crippen LogP contribution in [0.2, 0.25) is 5.02 Å². The Labute approximate surface area is 122 Å². The van der Waals surface area contributed by atoms with Crippen molar-refractivity contribution in [2.75, 3.05) is 19.8 Å². The summed E-state index contributed by atoms with van der Waals surface area (Å²) in [4.78, 5) is 23.8. The van der Waals surface area contributed by atoms with Gasteiger partial charge in [-0.15, -0.1) is 0 Å². The molecule has 110 valence electrons. The molecule has 1 aromatic rings. The number of carbonyl (C=O) groups excluding carboxylic acids is 2.